The summed E-state index contributed by atoms with van der Waals surface area (Å²) in [7, 11) is 0. The Kier molecular flexibility index (Phi) is 6.34. The van der Waals surface area contributed by atoms with Gasteiger partial charge in [-0.2, -0.15) is 17.0 Å². The van der Waals surface area contributed by atoms with Crippen LogP contribution in [0.15, 0.2) is 35.7 Å². The maximum atomic E-state index is 12.4. The lowest BCUT2D eigenvalue weighted by atomic mass is 10.3. The predicted octanol–water partition coefficient (Wildman–Crippen LogP) is 3.40. The lowest BCUT2D eigenvalue weighted by Crippen LogP contribution is -2.31. The number of nitrogens with one attached hydrogen (secondary N) is 1. The highest BCUT2D eigenvalue weighted by Gasteiger charge is 2.21. The average Bonchev–Trinajstić information content (AvgIpc) is 3.26. The standard InChI is InChI=1S/C19H18N4O3S2/c1-12(18(25)22-19-13(9-20)7-8-28-19)26-17(24)10-23-15-6-4-3-5-14(15)21-16(23)11-27-2/h3-8,12H,10-11H2,1-2H3,(H,22,25)/t12-/m0/s1. The van der Waals surface area contributed by atoms with Crippen molar-refractivity contribution in [3.05, 3.63) is 47.1 Å². The molecule has 0 unspecified atom stereocenters. The van der Waals surface area contributed by atoms with E-state index in [0.29, 0.717) is 16.3 Å². The van der Waals surface area contributed by atoms with Gasteiger partial charge in [0, 0.05) is 0 Å². The van der Waals surface area contributed by atoms with Gasteiger partial charge in [-0.3, -0.25) is 9.59 Å². The number of fused-ring (bicyclic) bond motifs is 1. The second-order valence-corrected chi connectivity index (χ2v) is 7.71. The normalized spacial score (nSPS) is 11.8. The number of nitriles is 1. The number of anilines is 1. The first-order chi connectivity index (χ1) is 13.5. The lowest BCUT2D eigenvalue weighted by Gasteiger charge is -2.14. The number of carbonyl (C=O) groups is 2. The molecule has 1 N–H and O–H groups in total. The molecule has 0 saturated heterocycles. The summed E-state index contributed by atoms with van der Waals surface area (Å²) in [5.74, 6) is 0.430. The molecule has 3 rings (SSSR count). The van der Waals surface area contributed by atoms with Gasteiger partial charge in [0.05, 0.1) is 22.3 Å². The van der Waals surface area contributed by atoms with Gasteiger partial charge in [0.25, 0.3) is 5.91 Å². The van der Waals surface area contributed by atoms with Crippen molar-refractivity contribution >= 4 is 51.0 Å². The Morgan fingerprint density at radius 2 is 2.18 bits per heavy atom. The minimum Gasteiger partial charge on any atom is -0.451 e. The minimum atomic E-state index is -0.986. The molecule has 7 nitrogen and oxygen atoms in total. The predicted molar refractivity (Wildman–Crippen MR) is 110 cm³/mol. The van der Waals surface area contributed by atoms with E-state index in [0.717, 1.165) is 16.9 Å². The van der Waals surface area contributed by atoms with Gasteiger partial charge in [0.2, 0.25) is 0 Å². The number of benzene rings is 1. The first kappa shape index (κ1) is 19.9. The summed E-state index contributed by atoms with van der Waals surface area (Å²) in [6.07, 6.45) is 0.981. The maximum Gasteiger partial charge on any atom is 0.326 e. The first-order valence-electron chi connectivity index (χ1n) is 8.44. The number of amides is 1. The van der Waals surface area contributed by atoms with Crippen LogP contribution in [0.3, 0.4) is 0 Å². The van der Waals surface area contributed by atoms with Crippen LogP contribution in [-0.2, 0) is 26.6 Å². The Morgan fingerprint density at radius 3 is 2.93 bits per heavy atom. The molecule has 1 amide bonds. The van der Waals surface area contributed by atoms with Gasteiger partial charge in [-0.1, -0.05) is 12.1 Å². The van der Waals surface area contributed by atoms with E-state index < -0.39 is 18.0 Å². The number of thioether (sulfide) groups is 1. The molecule has 9 heteroatoms. The molecule has 2 aromatic heterocycles. The quantitative estimate of drug-likeness (QED) is 0.595. The maximum absolute atomic E-state index is 12.4. The molecular formula is C19H18N4O3S2. The Bertz CT molecular complexity index is 1050. The number of hydrogen-bond acceptors (Lipinski definition) is 7. The zero-order valence-electron chi connectivity index (χ0n) is 15.3. The van der Waals surface area contributed by atoms with E-state index >= 15 is 0 Å². The topological polar surface area (TPSA) is 97.0 Å². The Morgan fingerprint density at radius 1 is 1.39 bits per heavy atom. The molecule has 1 atom stereocenters. The van der Waals surface area contributed by atoms with Crippen LogP contribution < -0.4 is 5.32 Å². The first-order valence-corrected chi connectivity index (χ1v) is 10.7. The van der Waals surface area contributed by atoms with Gasteiger partial charge in [-0.15, -0.1) is 11.3 Å². The van der Waals surface area contributed by atoms with Crippen molar-refractivity contribution in [2.75, 3.05) is 11.6 Å². The molecule has 0 fully saturated rings. The summed E-state index contributed by atoms with van der Waals surface area (Å²) in [4.78, 5) is 29.3. The molecule has 0 aliphatic carbocycles. The summed E-state index contributed by atoms with van der Waals surface area (Å²) in [5.41, 5.74) is 2.04. The number of hydrogen-bond donors (Lipinski definition) is 1. The van der Waals surface area contributed by atoms with Crippen molar-refractivity contribution < 1.29 is 14.3 Å². The van der Waals surface area contributed by atoms with Crippen LogP contribution in [0.4, 0.5) is 5.00 Å². The number of nitrogens with zero attached hydrogens (tertiary/aromatic N) is 3. The van der Waals surface area contributed by atoms with Crippen molar-refractivity contribution in [3.8, 4) is 6.07 Å². The molecular weight excluding hydrogens is 396 g/mol. The number of esters is 1. The number of thiophene rings is 1. The van der Waals surface area contributed by atoms with Gasteiger partial charge >= 0.3 is 5.97 Å². The van der Waals surface area contributed by atoms with Gasteiger partial charge in [0.15, 0.2) is 6.10 Å². The monoisotopic (exact) mass is 414 g/mol. The lowest BCUT2D eigenvalue weighted by molar-refractivity contribution is -0.153. The molecule has 0 saturated carbocycles. The molecule has 0 aliphatic heterocycles. The Hall–Kier alpha value is -2.83. The van der Waals surface area contributed by atoms with Crippen LogP contribution in [0.25, 0.3) is 11.0 Å². The smallest absolute Gasteiger partial charge is 0.326 e. The van der Waals surface area contributed by atoms with E-state index in [1.54, 1.807) is 23.2 Å². The van der Waals surface area contributed by atoms with Crippen LogP contribution in [0.1, 0.15) is 18.3 Å². The SMILES string of the molecule is CSCc1nc2ccccc2n1CC(=O)O[C@@H](C)C(=O)Nc1sccc1C#N. The van der Waals surface area contributed by atoms with Crippen LogP contribution in [0, 0.1) is 11.3 Å². The van der Waals surface area contributed by atoms with E-state index in [9.17, 15) is 9.59 Å². The largest absolute Gasteiger partial charge is 0.451 e. The number of carbonyl (C=O) groups excluding carboxylic acids is 2. The fourth-order valence-electron chi connectivity index (χ4n) is 2.67. The molecule has 1 aromatic carbocycles. The van der Waals surface area contributed by atoms with E-state index in [1.807, 2.05) is 41.2 Å². The number of rotatable bonds is 7. The Balaban J connectivity index is 1.68. The van der Waals surface area contributed by atoms with Crippen molar-refractivity contribution in [3.63, 3.8) is 0 Å². The highest BCUT2D eigenvalue weighted by Crippen LogP contribution is 2.23. The molecule has 2 heterocycles. The van der Waals surface area contributed by atoms with Crippen LogP contribution in [0.2, 0.25) is 0 Å². The molecule has 0 bridgehead atoms. The van der Waals surface area contributed by atoms with Gasteiger partial charge in [-0.05, 0) is 36.8 Å². The highest BCUT2D eigenvalue weighted by atomic mass is 32.2. The zero-order valence-corrected chi connectivity index (χ0v) is 17.0. The number of aromatic nitrogens is 2. The van der Waals surface area contributed by atoms with Gasteiger partial charge in [0.1, 0.15) is 23.4 Å². The van der Waals surface area contributed by atoms with Gasteiger partial charge < -0.3 is 14.6 Å². The van der Waals surface area contributed by atoms with E-state index in [-0.39, 0.29) is 6.54 Å². The molecule has 3 aromatic rings. The third-order valence-electron chi connectivity index (χ3n) is 3.99. The number of imidazole rings is 1. The fourth-order valence-corrected chi connectivity index (χ4v) is 3.88. The highest BCUT2D eigenvalue weighted by molar-refractivity contribution is 7.97. The van der Waals surface area contributed by atoms with Crippen molar-refractivity contribution in [2.45, 2.75) is 25.3 Å². The summed E-state index contributed by atoms with van der Waals surface area (Å²) >= 11 is 2.85. The average molecular weight is 415 g/mol. The molecule has 0 radical (unpaired) electrons. The third kappa shape index (κ3) is 4.35. The van der Waals surface area contributed by atoms with Crippen LogP contribution in [0.5, 0.6) is 0 Å². The van der Waals surface area contributed by atoms with Crippen molar-refractivity contribution in [1.82, 2.24) is 9.55 Å². The van der Waals surface area contributed by atoms with Crippen molar-refractivity contribution in [2.24, 2.45) is 0 Å². The molecule has 144 valence electrons. The summed E-state index contributed by atoms with van der Waals surface area (Å²) in [5, 5.41) is 13.8. The summed E-state index contributed by atoms with van der Waals surface area (Å²) in [6.45, 7) is 1.47. The van der Waals surface area contributed by atoms with Gasteiger partial charge in [-0.25, -0.2) is 4.98 Å². The second-order valence-electron chi connectivity index (χ2n) is 5.93. The van der Waals surface area contributed by atoms with E-state index in [2.05, 4.69) is 10.3 Å². The minimum absolute atomic E-state index is 0.0313. The summed E-state index contributed by atoms with van der Waals surface area (Å²) < 4.78 is 7.12. The molecule has 28 heavy (non-hydrogen) atoms. The van der Waals surface area contributed by atoms with Crippen LogP contribution >= 0.6 is 23.1 Å². The van der Waals surface area contributed by atoms with E-state index in [1.165, 1.54) is 18.3 Å². The second kappa shape index (κ2) is 8.91. The fraction of sp³-hybridized carbons (Fsp3) is 0.263. The molecule has 0 spiro atoms. The molecule has 0 aliphatic rings. The zero-order chi connectivity index (χ0) is 20.1. The summed E-state index contributed by atoms with van der Waals surface area (Å²) in [6, 6.07) is 11.2. The van der Waals surface area contributed by atoms with Crippen molar-refractivity contribution in [1.29, 1.82) is 5.26 Å². The Labute approximate surface area is 170 Å². The van der Waals surface area contributed by atoms with E-state index in [4.69, 9.17) is 10.00 Å². The number of para-hydroxylation sites is 2. The van der Waals surface area contributed by atoms with Crippen LogP contribution in [-0.4, -0.2) is 33.8 Å². The number of ether oxygens (including phenoxy) is 1. The third-order valence-corrected chi connectivity index (χ3v) is 5.37.